The zero-order valence-corrected chi connectivity index (χ0v) is 15.1. The van der Waals surface area contributed by atoms with Gasteiger partial charge >= 0.3 is 5.97 Å². The number of amides is 2. The number of likely N-dealkylation sites (tertiary alicyclic amines) is 1. The molecule has 1 aliphatic heterocycles. The lowest BCUT2D eigenvalue weighted by atomic mass is 9.88. The molecule has 2 heterocycles. The Labute approximate surface area is 161 Å². The minimum Gasteiger partial charge on any atom is -0.507 e. The monoisotopic (exact) mass is 383 g/mol. The van der Waals surface area contributed by atoms with Gasteiger partial charge in [0, 0.05) is 32.0 Å². The van der Waals surface area contributed by atoms with Gasteiger partial charge in [-0.3, -0.25) is 19.4 Å². The van der Waals surface area contributed by atoms with Crippen molar-refractivity contribution in [1.82, 2.24) is 15.2 Å². The number of aromatic hydroxyl groups is 1. The molecule has 2 amide bonds. The summed E-state index contributed by atoms with van der Waals surface area (Å²) in [5, 5.41) is 22.2. The smallest absolute Gasteiger partial charge is 0.308 e. The average Bonchev–Trinajstić information content (AvgIpc) is 2.72. The predicted molar refractivity (Wildman–Crippen MR) is 99.3 cm³/mol. The van der Waals surface area contributed by atoms with Crippen molar-refractivity contribution in [2.75, 3.05) is 13.1 Å². The molecule has 2 aromatic rings. The van der Waals surface area contributed by atoms with E-state index in [0.717, 1.165) is 5.56 Å². The number of nitrogens with one attached hydrogen (secondary N) is 1. The van der Waals surface area contributed by atoms with Crippen molar-refractivity contribution in [2.45, 2.75) is 13.0 Å². The molecule has 3 N–H and O–H groups in total. The molecule has 8 nitrogen and oxygen atoms in total. The van der Waals surface area contributed by atoms with Crippen LogP contribution in [0, 0.1) is 11.8 Å². The Balaban J connectivity index is 1.72. The number of piperidine rings is 1. The molecule has 0 radical (unpaired) electrons. The van der Waals surface area contributed by atoms with Gasteiger partial charge in [0.05, 0.1) is 17.4 Å². The number of aliphatic carboxylic acids is 1. The van der Waals surface area contributed by atoms with E-state index in [1.807, 2.05) is 0 Å². The van der Waals surface area contributed by atoms with Crippen LogP contribution in [-0.2, 0) is 16.1 Å². The Kier molecular flexibility index (Phi) is 5.88. The van der Waals surface area contributed by atoms with Crippen LogP contribution >= 0.6 is 0 Å². The van der Waals surface area contributed by atoms with E-state index in [1.165, 1.54) is 17.0 Å². The summed E-state index contributed by atoms with van der Waals surface area (Å²) in [5.41, 5.74) is 0.959. The van der Waals surface area contributed by atoms with E-state index >= 15 is 0 Å². The van der Waals surface area contributed by atoms with Crippen molar-refractivity contribution >= 4 is 17.8 Å². The Morgan fingerprint density at radius 1 is 1.07 bits per heavy atom. The van der Waals surface area contributed by atoms with Gasteiger partial charge in [-0.05, 0) is 36.2 Å². The predicted octanol–water partition coefficient (Wildman–Crippen LogP) is 1.27. The number of rotatable bonds is 5. The lowest BCUT2D eigenvalue weighted by Gasteiger charge is -2.35. The number of phenols is 1. The molecular weight excluding hydrogens is 362 g/mol. The van der Waals surface area contributed by atoms with E-state index in [9.17, 15) is 24.6 Å². The summed E-state index contributed by atoms with van der Waals surface area (Å²) in [5.74, 6) is -3.52. The Morgan fingerprint density at radius 3 is 2.43 bits per heavy atom. The SMILES string of the molecule is O=C(O)[C@@H]1C[C@@H](C(=O)NCc2ccncc2)CN(C(=O)c2ccccc2O)C1. The highest BCUT2D eigenvalue weighted by atomic mass is 16.4. The molecule has 1 aliphatic rings. The summed E-state index contributed by atoms with van der Waals surface area (Å²) in [6.07, 6.45) is 3.40. The number of benzene rings is 1. The molecule has 3 rings (SSSR count). The molecule has 28 heavy (non-hydrogen) atoms. The molecular formula is C20H21N3O5. The second-order valence-electron chi connectivity index (χ2n) is 6.77. The number of carboxylic acid groups (broad SMARTS) is 1. The molecule has 0 unspecified atom stereocenters. The molecule has 2 atom stereocenters. The van der Waals surface area contributed by atoms with Crippen LogP contribution in [0.5, 0.6) is 5.75 Å². The van der Waals surface area contributed by atoms with Crippen molar-refractivity contribution in [3.8, 4) is 5.75 Å². The van der Waals surface area contributed by atoms with E-state index < -0.39 is 23.7 Å². The fourth-order valence-corrected chi connectivity index (χ4v) is 3.29. The summed E-state index contributed by atoms with van der Waals surface area (Å²) < 4.78 is 0. The van der Waals surface area contributed by atoms with Gasteiger partial charge in [0.25, 0.3) is 5.91 Å². The highest BCUT2D eigenvalue weighted by Crippen LogP contribution is 2.26. The van der Waals surface area contributed by atoms with Crippen LogP contribution in [0.15, 0.2) is 48.8 Å². The molecule has 1 saturated heterocycles. The number of aromatic nitrogens is 1. The number of para-hydroxylation sites is 1. The maximum absolute atomic E-state index is 12.8. The second kappa shape index (κ2) is 8.51. The molecule has 1 aromatic carbocycles. The fraction of sp³-hybridized carbons (Fsp3) is 0.300. The van der Waals surface area contributed by atoms with Crippen LogP contribution in [0.2, 0.25) is 0 Å². The minimum atomic E-state index is -1.05. The first-order valence-corrected chi connectivity index (χ1v) is 8.92. The van der Waals surface area contributed by atoms with Crippen LogP contribution < -0.4 is 5.32 Å². The van der Waals surface area contributed by atoms with Crippen molar-refractivity contribution in [3.63, 3.8) is 0 Å². The van der Waals surface area contributed by atoms with Gasteiger partial charge in [0.15, 0.2) is 0 Å². The summed E-state index contributed by atoms with van der Waals surface area (Å²) in [7, 11) is 0. The van der Waals surface area contributed by atoms with E-state index in [1.54, 1.807) is 36.7 Å². The molecule has 8 heteroatoms. The highest BCUT2D eigenvalue weighted by molar-refractivity contribution is 5.97. The van der Waals surface area contributed by atoms with Gasteiger partial charge in [0.2, 0.25) is 5.91 Å². The average molecular weight is 383 g/mol. The number of hydrogen-bond donors (Lipinski definition) is 3. The summed E-state index contributed by atoms with van der Waals surface area (Å²) in [4.78, 5) is 42.2. The quantitative estimate of drug-likeness (QED) is 0.715. The van der Waals surface area contributed by atoms with Crippen LogP contribution in [-0.4, -0.2) is 51.0 Å². The van der Waals surface area contributed by atoms with Gasteiger partial charge in [-0.15, -0.1) is 0 Å². The standard InChI is InChI=1S/C20H21N3O5/c24-17-4-2-1-3-16(17)19(26)23-11-14(9-15(12-23)20(27)28)18(25)22-10-13-5-7-21-8-6-13/h1-8,14-15,24H,9-12H2,(H,22,25)(H,27,28)/t14-,15-/m1/s1. The van der Waals surface area contributed by atoms with Crippen molar-refractivity contribution in [2.24, 2.45) is 11.8 Å². The van der Waals surface area contributed by atoms with E-state index in [0.29, 0.717) is 6.54 Å². The summed E-state index contributed by atoms with van der Waals surface area (Å²) in [6, 6.07) is 9.62. The second-order valence-corrected chi connectivity index (χ2v) is 6.77. The van der Waals surface area contributed by atoms with Crippen molar-refractivity contribution in [1.29, 1.82) is 0 Å². The van der Waals surface area contributed by atoms with Crippen LogP contribution in [0.25, 0.3) is 0 Å². The van der Waals surface area contributed by atoms with E-state index in [4.69, 9.17) is 0 Å². The highest BCUT2D eigenvalue weighted by Gasteiger charge is 2.37. The first-order valence-electron chi connectivity index (χ1n) is 8.92. The molecule has 0 bridgehead atoms. The van der Waals surface area contributed by atoms with Crippen molar-refractivity contribution < 1.29 is 24.6 Å². The fourth-order valence-electron chi connectivity index (χ4n) is 3.29. The van der Waals surface area contributed by atoms with Gasteiger partial charge in [0.1, 0.15) is 5.75 Å². The minimum absolute atomic E-state index is 0.00334. The number of nitrogens with zero attached hydrogens (tertiary/aromatic N) is 2. The Bertz CT molecular complexity index is 871. The van der Waals surface area contributed by atoms with Crippen molar-refractivity contribution in [3.05, 3.63) is 59.9 Å². The lowest BCUT2D eigenvalue weighted by Crippen LogP contribution is -2.50. The maximum atomic E-state index is 12.8. The maximum Gasteiger partial charge on any atom is 0.308 e. The third-order valence-electron chi connectivity index (χ3n) is 4.81. The number of phenolic OH excluding ortho intramolecular Hbond substituents is 1. The van der Waals surface area contributed by atoms with Gasteiger partial charge in [-0.25, -0.2) is 0 Å². The molecule has 0 spiro atoms. The molecule has 146 valence electrons. The molecule has 1 aromatic heterocycles. The third-order valence-corrected chi connectivity index (χ3v) is 4.81. The molecule has 1 fully saturated rings. The third kappa shape index (κ3) is 4.46. The van der Waals surface area contributed by atoms with Gasteiger partial charge in [-0.2, -0.15) is 0 Å². The van der Waals surface area contributed by atoms with Crippen LogP contribution in [0.4, 0.5) is 0 Å². The topological polar surface area (TPSA) is 120 Å². The normalized spacial score (nSPS) is 19.1. The zero-order chi connectivity index (χ0) is 20.1. The molecule has 0 aliphatic carbocycles. The first-order chi connectivity index (χ1) is 13.5. The Morgan fingerprint density at radius 2 is 1.75 bits per heavy atom. The van der Waals surface area contributed by atoms with Crippen LogP contribution in [0.3, 0.4) is 0 Å². The Hall–Kier alpha value is -3.42. The summed E-state index contributed by atoms with van der Waals surface area (Å²) >= 11 is 0. The van der Waals surface area contributed by atoms with E-state index in [2.05, 4.69) is 10.3 Å². The van der Waals surface area contributed by atoms with Crippen LogP contribution in [0.1, 0.15) is 22.3 Å². The lowest BCUT2D eigenvalue weighted by molar-refractivity contribution is -0.144. The first kappa shape index (κ1) is 19.3. The number of carboxylic acids is 1. The number of carbonyl (C=O) groups excluding carboxylic acids is 2. The summed E-state index contributed by atoms with van der Waals surface area (Å²) in [6.45, 7) is 0.388. The van der Waals surface area contributed by atoms with E-state index in [-0.39, 0.29) is 36.7 Å². The molecule has 0 saturated carbocycles. The number of hydrogen-bond acceptors (Lipinski definition) is 5. The number of pyridine rings is 1. The largest absolute Gasteiger partial charge is 0.507 e. The van der Waals surface area contributed by atoms with Gasteiger partial charge < -0.3 is 20.4 Å². The zero-order valence-electron chi connectivity index (χ0n) is 15.1. The van der Waals surface area contributed by atoms with Gasteiger partial charge in [-0.1, -0.05) is 12.1 Å². The number of carbonyl (C=O) groups is 3.